The van der Waals surface area contributed by atoms with Crippen LogP contribution in [0.1, 0.15) is 45.4 Å². The fraction of sp³-hybridized carbons (Fsp3) is 0.929. The van der Waals surface area contributed by atoms with Crippen LogP contribution in [-0.4, -0.2) is 54.9 Å². The first kappa shape index (κ1) is 16.2. The van der Waals surface area contributed by atoms with Gasteiger partial charge >= 0.3 is 6.03 Å². The molecule has 19 heavy (non-hydrogen) atoms. The Balaban J connectivity index is 1.94. The summed E-state index contributed by atoms with van der Waals surface area (Å²) in [7, 11) is 0. The van der Waals surface area contributed by atoms with E-state index in [4.69, 9.17) is 0 Å². The standard InChI is InChI=1S/C14H29N3O2/c1-2-3-8-15-14(19)16-9-4-5-10-17-11-6-7-13(17)12-18/h13,18H,2-12H2,1H3,(H2,15,16,19). The van der Waals surface area contributed by atoms with Gasteiger partial charge in [-0.1, -0.05) is 13.3 Å². The van der Waals surface area contributed by atoms with Gasteiger partial charge in [0.1, 0.15) is 0 Å². The highest BCUT2D eigenvalue weighted by atomic mass is 16.3. The maximum absolute atomic E-state index is 11.4. The van der Waals surface area contributed by atoms with Crippen molar-refractivity contribution < 1.29 is 9.90 Å². The number of nitrogens with one attached hydrogen (secondary N) is 2. The Kier molecular flexibility index (Phi) is 8.58. The number of likely N-dealkylation sites (tertiary alicyclic amines) is 1. The van der Waals surface area contributed by atoms with E-state index in [1.54, 1.807) is 0 Å². The molecule has 0 aromatic rings. The highest BCUT2D eigenvalue weighted by Gasteiger charge is 2.22. The molecule has 1 rings (SSSR count). The summed E-state index contributed by atoms with van der Waals surface area (Å²) in [6.45, 7) is 6.01. The molecule has 0 aromatic heterocycles. The number of hydrogen-bond donors (Lipinski definition) is 3. The molecule has 1 heterocycles. The largest absolute Gasteiger partial charge is 0.395 e. The monoisotopic (exact) mass is 271 g/mol. The Labute approximate surface area is 116 Å². The second-order valence-corrected chi connectivity index (χ2v) is 5.26. The van der Waals surface area contributed by atoms with E-state index in [0.29, 0.717) is 6.04 Å². The van der Waals surface area contributed by atoms with Gasteiger partial charge in [-0.3, -0.25) is 4.90 Å². The molecular formula is C14H29N3O2. The van der Waals surface area contributed by atoms with Gasteiger partial charge in [0.2, 0.25) is 0 Å². The molecule has 0 aromatic carbocycles. The molecule has 1 aliphatic heterocycles. The minimum absolute atomic E-state index is 0.0529. The van der Waals surface area contributed by atoms with E-state index < -0.39 is 0 Å². The molecule has 0 bridgehead atoms. The average molecular weight is 271 g/mol. The van der Waals surface area contributed by atoms with Crippen LogP contribution < -0.4 is 10.6 Å². The third-order valence-electron chi connectivity index (χ3n) is 3.68. The lowest BCUT2D eigenvalue weighted by atomic mass is 10.2. The van der Waals surface area contributed by atoms with Gasteiger partial charge in [0.25, 0.3) is 0 Å². The fourth-order valence-electron chi connectivity index (χ4n) is 2.48. The van der Waals surface area contributed by atoms with Gasteiger partial charge in [-0.15, -0.1) is 0 Å². The molecule has 0 radical (unpaired) electrons. The van der Waals surface area contributed by atoms with E-state index in [-0.39, 0.29) is 12.6 Å². The van der Waals surface area contributed by atoms with Crippen LogP contribution in [0.25, 0.3) is 0 Å². The zero-order valence-corrected chi connectivity index (χ0v) is 12.2. The van der Waals surface area contributed by atoms with E-state index >= 15 is 0 Å². The number of nitrogens with zero attached hydrogens (tertiary/aromatic N) is 1. The number of rotatable bonds is 9. The number of urea groups is 1. The molecule has 0 spiro atoms. The van der Waals surface area contributed by atoms with Gasteiger partial charge in [0.05, 0.1) is 6.61 Å². The lowest BCUT2D eigenvalue weighted by Crippen LogP contribution is -2.37. The third kappa shape index (κ3) is 6.78. The first-order valence-electron chi connectivity index (χ1n) is 7.64. The van der Waals surface area contributed by atoms with Crippen molar-refractivity contribution in [2.75, 3.05) is 32.8 Å². The summed E-state index contributed by atoms with van der Waals surface area (Å²) in [4.78, 5) is 13.7. The van der Waals surface area contributed by atoms with Crippen molar-refractivity contribution in [2.24, 2.45) is 0 Å². The molecule has 112 valence electrons. The van der Waals surface area contributed by atoms with E-state index in [9.17, 15) is 9.90 Å². The first-order valence-corrected chi connectivity index (χ1v) is 7.64. The van der Waals surface area contributed by atoms with Crippen molar-refractivity contribution in [3.63, 3.8) is 0 Å². The highest BCUT2D eigenvalue weighted by molar-refractivity contribution is 5.73. The normalized spacial score (nSPS) is 19.6. The summed E-state index contributed by atoms with van der Waals surface area (Å²) >= 11 is 0. The molecule has 5 heteroatoms. The molecule has 1 aliphatic rings. The van der Waals surface area contributed by atoms with Crippen molar-refractivity contribution in [1.82, 2.24) is 15.5 Å². The van der Waals surface area contributed by atoms with Gasteiger partial charge < -0.3 is 15.7 Å². The van der Waals surface area contributed by atoms with Gasteiger partial charge in [-0.05, 0) is 45.2 Å². The van der Waals surface area contributed by atoms with Crippen molar-refractivity contribution in [1.29, 1.82) is 0 Å². The SMILES string of the molecule is CCCCNC(=O)NCCCCN1CCCC1CO. The van der Waals surface area contributed by atoms with E-state index in [1.165, 1.54) is 6.42 Å². The van der Waals surface area contributed by atoms with Crippen LogP contribution in [0.2, 0.25) is 0 Å². The van der Waals surface area contributed by atoms with E-state index in [0.717, 1.165) is 58.3 Å². The van der Waals surface area contributed by atoms with Crippen LogP contribution in [0.3, 0.4) is 0 Å². The molecule has 5 nitrogen and oxygen atoms in total. The molecule has 1 unspecified atom stereocenters. The molecule has 2 amide bonds. The van der Waals surface area contributed by atoms with E-state index in [2.05, 4.69) is 22.5 Å². The Morgan fingerprint density at radius 2 is 2.00 bits per heavy atom. The average Bonchev–Trinajstić information content (AvgIpc) is 2.86. The molecule has 3 N–H and O–H groups in total. The van der Waals surface area contributed by atoms with Crippen molar-refractivity contribution in [3.8, 4) is 0 Å². The van der Waals surface area contributed by atoms with E-state index in [1.807, 2.05) is 0 Å². The number of carbonyl (C=O) groups excluding carboxylic acids is 1. The number of unbranched alkanes of at least 4 members (excludes halogenated alkanes) is 2. The van der Waals surface area contributed by atoms with Gasteiger partial charge in [0.15, 0.2) is 0 Å². The molecule has 1 fully saturated rings. The molecule has 1 atom stereocenters. The summed E-state index contributed by atoms with van der Waals surface area (Å²) in [5.41, 5.74) is 0. The van der Waals surface area contributed by atoms with Crippen molar-refractivity contribution in [2.45, 2.75) is 51.5 Å². The summed E-state index contributed by atoms with van der Waals surface area (Å²) < 4.78 is 0. The molecule has 0 aliphatic carbocycles. The predicted molar refractivity (Wildman–Crippen MR) is 77.2 cm³/mol. The molecular weight excluding hydrogens is 242 g/mol. The zero-order chi connectivity index (χ0) is 13.9. The number of aliphatic hydroxyl groups is 1. The highest BCUT2D eigenvalue weighted by Crippen LogP contribution is 2.16. The van der Waals surface area contributed by atoms with Crippen LogP contribution in [0, 0.1) is 0 Å². The molecule has 1 saturated heterocycles. The number of aliphatic hydroxyl groups excluding tert-OH is 1. The lowest BCUT2D eigenvalue weighted by Gasteiger charge is -2.22. The minimum Gasteiger partial charge on any atom is -0.395 e. The van der Waals surface area contributed by atoms with Crippen LogP contribution in [0.15, 0.2) is 0 Å². The topological polar surface area (TPSA) is 64.6 Å². The number of hydrogen-bond acceptors (Lipinski definition) is 3. The van der Waals surface area contributed by atoms with Gasteiger partial charge in [0, 0.05) is 19.1 Å². The minimum atomic E-state index is -0.0529. The Morgan fingerprint density at radius 1 is 1.26 bits per heavy atom. The van der Waals surface area contributed by atoms with Crippen LogP contribution in [0.4, 0.5) is 4.79 Å². The quantitative estimate of drug-likeness (QED) is 0.554. The van der Waals surface area contributed by atoms with Crippen LogP contribution >= 0.6 is 0 Å². The maximum atomic E-state index is 11.4. The van der Waals surface area contributed by atoms with Crippen LogP contribution in [0.5, 0.6) is 0 Å². The van der Waals surface area contributed by atoms with Crippen molar-refractivity contribution in [3.05, 3.63) is 0 Å². The molecule has 0 saturated carbocycles. The Morgan fingerprint density at radius 3 is 2.68 bits per heavy atom. The summed E-state index contributed by atoms with van der Waals surface area (Å²) in [5.74, 6) is 0. The summed E-state index contributed by atoms with van der Waals surface area (Å²) in [5, 5.41) is 14.9. The second kappa shape index (κ2) is 10.0. The number of amides is 2. The van der Waals surface area contributed by atoms with Gasteiger partial charge in [-0.25, -0.2) is 4.79 Å². The zero-order valence-electron chi connectivity index (χ0n) is 12.2. The second-order valence-electron chi connectivity index (χ2n) is 5.26. The predicted octanol–water partition coefficient (Wildman–Crippen LogP) is 1.32. The van der Waals surface area contributed by atoms with Gasteiger partial charge in [-0.2, -0.15) is 0 Å². The summed E-state index contributed by atoms with van der Waals surface area (Å²) in [6, 6.07) is 0.313. The lowest BCUT2D eigenvalue weighted by molar-refractivity contribution is 0.157. The smallest absolute Gasteiger partial charge is 0.314 e. The van der Waals surface area contributed by atoms with Crippen molar-refractivity contribution >= 4 is 6.03 Å². The first-order chi connectivity index (χ1) is 9.27. The fourth-order valence-corrected chi connectivity index (χ4v) is 2.48. The number of carbonyl (C=O) groups is 1. The Bertz CT molecular complexity index is 249. The maximum Gasteiger partial charge on any atom is 0.314 e. The third-order valence-corrected chi connectivity index (χ3v) is 3.68. The van der Waals surface area contributed by atoms with Crippen LogP contribution in [-0.2, 0) is 0 Å². The Hall–Kier alpha value is -0.810. The summed E-state index contributed by atoms with van der Waals surface area (Å²) in [6.07, 6.45) is 6.52.